The number of carbonyl (C=O) groups is 2. The second kappa shape index (κ2) is 7.30. The molecule has 3 rings (SSSR count). The highest BCUT2D eigenvalue weighted by Crippen LogP contribution is 2.28. The predicted molar refractivity (Wildman–Crippen MR) is 92.7 cm³/mol. The van der Waals surface area contributed by atoms with E-state index in [0.29, 0.717) is 12.1 Å². The molecule has 2 aromatic heterocycles. The normalized spacial score (nSPS) is 10.7. The summed E-state index contributed by atoms with van der Waals surface area (Å²) in [5.41, 5.74) is 3.24. The van der Waals surface area contributed by atoms with Gasteiger partial charge in [-0.1, -0.05) is 37.3 Å². The second-order valence-electron chi connectivity index (χ2n) is 5.52. The van der Waals surface area contributed by atoms with Crippen LogP contribution in [-0.2, 0) is 27.1 Å². The van der Waals surface area contributed by atoms with Crippen LogP contribution in [0, 0.1) is 0 Å². The molecule has 8 nitrogen and oxygen atoms in total. The van der Waals surface area contributed by atoms with Gasteiger partial charge in [-0.05, 0) is 12.0 Å². The number of aromatic nitrogens is 4. The van der Waals surface area contributed by atoms with Gasteiger partial charge in [-0.2, -0.15) is 5.10 Å². The third kappa shape index (κ3) is 3.01. The lowest BCUT2D eigenvalue weighted by Gasteiger charge is -2.08. The first-order valence-corrected chi connectivity index (χ1v) is 8.08. The smallest absolute Gasteiger partial charge is 0.360 e. The summed E-state index contributed by atoms with van der Waals surface area (Å²) < 4.78 is 11.0. The lowest BCUT2D eigenvalue weighted by Crippen LogP contribution is -2.19. The molecule has 0 aliphatic rings. The lowest BCUT2D eigenvalue weighted by atomic mass is 10.0. The van der Waals surface area contributed by atoms with Crippen LogP contribution in [0.25, 0.3) is 16.8 Å². The molecule has 0 saturated heterocycles. The Hall–Kier alpha value is -3.29. The predicted octanol–water partition coefficient (Wildman–Crippen LogP) is 1.86. The van der Waals surface area contributed by atoms with E-state index in [1.165, 1.54) is 18.7 Å². The molecule has 0 N–H and O–H groups in total. The van der Waals surface area contributed by atoms with Crippen LogP contribution in [0.4, 0.5) is 0 Å². The fraction of sp³-hybridized carbons (Fsp3) is 0.278. The maximum atomic E-state index is 12.1. The number of carbonyl (C=O) groups excluding carboxylic acids is 2. The Labute approximate surface area is 149 Å². The summed E-state index contributed by atoms with van der Waals surface area (Å²) in [6.07, 6.45) is 0.477. The average Bonchev–Trinajstić information content (AvgIpc) is 3.07. The number of methoxy groups -OCH3 is 2. The monoisotopic (exact) mass is 354 g/mol. The zero-order valence-electron chi connectivity index (χ0n) is 14.7. The first-order chi connectivity index (χ1) is 12.6. The first-order valence-electron chi connectivity index (χ1n) is 8.08. The highest BCUT2D eigenvalue weighted by atomic mass is 16.5. The van der Waals surface area contributed by atoms with Gasteiger partial charge in [-0.3, -0.25) is 4.79 Å². The summed E-state index contributed by atoms with van der Waals surface area (Å²) in [7, 11) is 2.52. The molecular weight excluding hydrogens is 336 g/mol. The summed E-state index contributed by atoms with van der Waals surface area (Å²) in [6, 6.07) is 9.66. The Morgan fingerprint density at radius 3 is 2.42 bits per heavy atom. The van der Waals surface area contributed by atoms with Crippen LogP contribution in [-0.4, -0.2) is 46.0 Å². The number of esters is 2. The minimum absolute atomic E-state index is 0.0600. The summed E-state index contributed by atoms with van der Waals surface area (Å²) >= 11 is 0. The van der Waals surface area contributed by atoms with Crippen molar-refractivity contribution in [3.8, 4) is 11.1 Å². The molecule has 0 aliphatic carbocycles. The summed E-state index contributed by atoms with van der Waals surface area (Å²) in [5, 5.41) is 12.8. The number of aryl methyl sites for hydroxylation is 1. The van der Waals surface area contributed by atoms with E-state index in [2.05, 4.69) is 15.3 Å². The van der Waals surface area contributed by atoms with Crippen molar-refractivity contribution < 1.29 is 19.1 Å². The van der Waals surface area contributed by atoms with Gasteiger partial charge in [0.1, 0.15) is 0 Å². The average molecular weight is 354 g/mol. The van der Waals surface area contributed by atoms with E-state index in [1.807, 2.05) is 37.3 Å². The number of hydrogen-bond acceptors (Lipinski definition) is 7. The molecule has 8 heteroatoms. The lowest BCUT2D eigenvalue weighted by molar-refractivity contribution is -0.139. The van der Waals surface area contributed by atoms with Gasteiger partial charge in [0, 0.05) is 0 Å². The Morgan fingerprint density at radius 2 is 1.81 bits per heavy atom. The maximum Gasteiger partial charge on any atom is 0.360 e. The Kier molecular flexibility index (Phi) is 4.92. The minimum atomic E-state index is -0.687. The molecule has 0 aliphatic heterocycles. The van der Waals surface area contributed by atoms with Crippen LogP contribution in [0.3, 0.4) is 0 Å². The number of ether oxygens (including phenoxy) is 2. The zero-order valence-corrected chi connectivity index (χ0v) is 14.7. The third-order valence-electron chi connectivity index (χ3n) is 4.02. The van der Waals surface area contributed by atoms with Crippen molar-refractivity contribution in [1.29, 1.82) is 0 Å². The van der Waals surface area contributed by atoms with Crippen LogP contribution in [0.15, 0.2) is 30.3 Å². The van der Waals surface area contributed by atoms with Crippen molar-refractivity contribution in [3.05, 3.63) is 47.4 Å². The molecule has 0 radical (unpaired) electrons. The molecule has 0 amide bonds. The molecule has 0 bridgehead atoms. The standard InChI is InChI=1S/C18H18N4O4/c1-4-12-15(11-8-6-5-7-9-11)17-20-19-16(18(24)26-3)13(22(17)21-12)10-14(23)25-2/h5-9H,4,10H2,1-3H3. The van der Waals surface area contributed by atoms with Crippen LogP contribution in [0.1, 0.15) is 28.8 Å². The van der Waals surface area contributed by atoms with E-state index in [4.69, 9.17) is 9.47 Å². The van der Waals surface area contributed by atoms with Crippen molar-refractivity contribution in [3.63, 3.8) is 0 Å². The minimum Gasteiger partial charge on any atom is -0.469 e. The Balaban J connectivity index is 2.31. The van der Waals surface area contributed by atoms with Crippen molar-refractivity contribution in [1.82, 2.24) is 19.8 Å². The number of nitrogens with zero attached hydrogens (tertiary/aromatic N) is 4. The van der Waals surface area contributed by atoms with Gasteiger partial charge in [-0.15, -0.1) is 10.2 Å². The van der Waals surface area contributed by atoms with E-state index in [0.717, 1.165) is 16.8 Å². The van der Waals surface area contributed by atoms with Crippen LogP contribution in [0.5, 0.6) is 0 Å². The molecule has 3 aromatic rings. The van der Waals surface area contributed by atoms with E-state index < -0.39 is 11.9 Å². The van der Waals surface area contributed by atoms with Crippen molar-refractivity contribution >= 4 is 17.6 Å². The van der Waals surface area contributed by atoms with Crippen LogP contribution >= 0.6 is 0 Å². The molecular formula is C18H18N4O4. The highest BCUT2D eigenvalue weighted by molar-refractivity contribution is 5.90. The van der Waals surface area contributed by atoms with E-state index >= 15 is 0 Å². The largest absolute Gasteiger partial charge is 0.469 e. The van der Waals surface area contributed by atoms with Gasteiger partial charge in [0.2, 0.25) is 0 Å². The quantitative estimate of drug-likeness (QED) is 0.645. The van der Waals surface area contributed by atoms with Crippen molar-refractivity contribution in [2.45, 2.75) is 19.8 Å². The van der Waals surface area contributed by atoms with Crippen LogP contribution in [0.2, 0.25) is 0 Å². The summed E-state index contributed by atoms with van der Waals surface area (Å²) in [6.45, 7) is 1.98. The van der Waals surface area contributed by atoms with E-state index in [9.17, 15) is 9.59 Å². The third-order valence-corrected chi connectivity index (χ3v) is 4.02. The molecule has 2 heterocycles. The van der Waals surface area contributed by atoms with Gasteiger partial charge >= 0.3 is 11.9 Å². The zero-order chi connectivity index (χ0) is 18.7. The van der Waals surface area contributed by atoms with Gasteiger partial charge in [0.05, 0.1) is 37.6 Å². The van der Waals surface area contributed by atoms with E-state index in [1.54, 1.807) is 0 Å². The summed E-state index contributed by atoms with van der Waals surface area (Å²) in [4.78, 5) is 23.9. The van der Waals surface area contributed by atoms with Gasteiger partial charge in [0.15, 0.2) is 11.3 Å². The topological polar surface area (TPSA) is 95.7 Å². The van der Waals surface area contributed by atoms with E-state index in [-0.39, 0.29) is 17.8 Å². The fourth-order valence-electron chi connectivity index (χ4n) is 2.76. The number of hydrogen-bond donors (Lipinski definition) is 0. The number of benzene rings is 1. The van der Waals surface area contributed by atoms with Gasteiger partial charge in [0.25, 0.3) is 0 Å². The Morgan fingerprint density at radius 1 is 1.08 bits per heavy atom. The molecule has 1 aromatic carbocycles. The Bertz CT molecular complexity index is 966. The highest BCUT2D eigenvalue weighted by Gasteiger charge is 2.25. The fourth-order valence-corrected chi connectivity index (χ4v) is 2.76. The SMILES string of the molecule is CCc1nn2c(CC(=O)OC)c(C(=O)OC)nnc2c1-c1ccccc1. The molecule has 26 heavy (non-hydrogen) atoms. The molecule has 134 valence electrons. The molecule has 0 saturated carbocycles. The molecule has 0 unspecified atom stereocenters. The maximum absolute atomic E-state index is 12.1. The van der Waals surface area contributed by atoms with Crippen molar-refractivity contribution in [2.75, 3.05) is 14.2 Å². The first kappa shape index (κ1) is 17.5. The van der Waals surface area contributed by atoms with Crippen LogP contribution < -0.4 is 0 Å². The number of rotatable bonds is 5. The second-order valence-corrected chi connectivity index (χ2v) is 5.52. The number of fused-ring (bicyclic) bond motifs is 1. The molecule has 0 atom stereocenters. The molecule has 0 fully saturated rings. The van der Waals surface area contributed by atoms with Crippen molar-refractivity contribution in [2.24, 2.45) is 0 Å². The van der Waals surface area contributed by atoms with Gasteiger partial charge in [-0.25, -0.2) is 9.31 Å². The molecule has 0 spiro atoms. The van der Waals surface area contributed by atoms with Gasteiger partial charge < -0.3 is 9.47 Å². The summed E-state index contributed by atoms with van der Waals surface area (Å²) in [5.74, 6) is -1.20.